The third-order valence-electron chi connectivity index (χ3n) is 4.68. The third-order valence-corrected chi connectivity index (χ3v) is 7.35. The quantitative estimate of drug-likeness (QED) is 0.693. The van der Waals surface area contributed by atoms with E-state index in [4.69, 9.17) is 34.8 Å². The summed E-state index contributed by atoms with van der Waals surface area (Å²) < 4.78 is 26.8. The van der Waals surface area contributed by atoms with E-state index in [0.29, 0.717) is 52.2 Å². The number of carbonyl (C=O) groups excluding carboxylic acids is 1. The molecule has 0 radical (unpaired) electrons. The summed E-state index contributed by atoms with van der Waals surface area (Å²) >= 11 is 17.8. The number of nitrogens with zero attached hydrogens (tertiary/aromatic N) is 1. The highest BCUT2D eigenvalue weighted by Crippen LogP contribution is 2.27. The van der Waals surface area contributed by atoms with Gasteiger partial charge in [-0.1, -0.05) is 40.9 Å². The number of hydrogen-bond acceptors (Lipinski definition) is 3. The Morgan fingerprint density at radius 3 is 2.21 bits per heavy atom. The van der Waals surface area contributed by atoms with Crippen molar-refractivity contribution >= 4 is 56.4 Å². The molecule has 1 fully saturated rings. The highest BCUT2D eigenvalue weighted by Gasteiger charge is 2.31. The van der Waals surface area contributed by atoms with Gasteiger partial charge in [0.05, 0.1) is 5.75 Å². The van der Waals surface area contributed by atoms with Gasteiger partial charge in [0.1, 0.15) is 0 Å². The van der Waals surface area contributed by atoms with Crippen molar-refractivity contribution in [2.75, 3.05) is 18.4 Å². The zero-order valence-electron chi connectivity index (χ0n) is 14.9. The van der Waals surface area contributed by atoms with Gasteiger partial charge in [0.25, 0.3) is 0 Å². The average Bonchev–Trinajstić information content (AvgIpc) is 2.66. The molecule has 1 heterocycles. The molecule has 3 rings (SSSR count). The summed E-state index contributed by atoms with van der Waals surface area (Å²) in [6.07, 6.45) is 0.931. The predicted molar refractivity (Wildman–Crippen MR) is 113 cm³/mol. The highest BCUT2D eigenvalue weighted by atomic mass is 35.5. The van der Waals surface area contributed by atoms with Gasteiger partial charge in [-0.05, 0) is 54.8 Å². The Morgan fingerprint density at radius 1 is 1.00 bits per heavy atom. The molecule has 1 amide bonds. The van der Waals surface area contributed by atoms with Crippen LogP contribution in [0.4, 0.5) is 5.69 Å². The summed E-state index contributed by atoms with van der Waals surface area (Å²) in [5.41, 5.74) is 1.18. The average molecular weight is 462 g/mol. The number of amides is 1. The molecule has 150 valence electrons. The van der Waals surface area contributed by atoms with E-state index >= 15 is 0 Å². The molecule has 1 aliphatic rings. The SMILES string of the molecule is O=C(Nc1ccc(Cl)cc1)C1CCN(S(=O)(=O)Cc2ccc(Cl)cc2Cl)CC1. The van der Waals surface area contributed by atoms with Crippen LogP contribution in [0, 0.1) is 5.92 Å². The molecule has 0 aromatic heterocycles. The van der Waals surface area contributed by atoms with Gasteiger partial charge in [0.15, 0.2) is 0 Å². The molecule has 0 aliphatic carbocycles. The third kappa shape index (κ3) is 5.39. The first-order valence-corrected chi connectivity index (χ1v) is 11.5. The first kappa shape index (κ1) is 21.4. The number of sulfonamides is 1. The van der Waals surface area contributed by atoms with Crippen molar-refractivity contribution in [2.45, 2.75) is 18.6 Å². The number of halogens is 3. The maximum Gasteiger partial charge on any atom is 0.227 e. The molecular weight excluding hydrogens is 443 g/mol. The molecule has 1 aliphatic heterocycles. The fourth-order valence-corrected chi connectivity index (χ4v) is 5.38. The van der Waals surface area contributed by atoms with Crippen LogP contribution in [0.15, 0.2) is 42.5 Å². The van der Waals surface area contributed by atoms with Crippen LogP contribution in [0.25, 0.3) is 0 Å². The van der Waals surface area contributed by atoms with E-state index in [-0.39, 0.29) is 17.6 Å². The number of hydrogen-bond donors (Lipinski definition) is 1. The normalized spacial score (nSPS) is 16.1. The van der Waals surface area contributed by atoms with Crippen LogP contribution in [-0.2, 0) is 20.6 Å². The smallest absolute Gasteiger partial charge is 0.227 e. The molecule has 2 aromatic rings. The molecule has 2 aromatic carbocycles. The van der Waals surface area contributed by atoms with E-state index in [1.807, 2.05) is 0 Å². The molecule has 5 nitrogen and oxygen atoms in total. The molecule has 9 heteroatoms. The summed E-state index contributed by atoms with van der Waals surface area (Å²) in [4.78, 5) is 12.4. The molecule has 1 saturated heterocycles. The van der Waals surface area contributed by atoms with E-state index < -0.39 is 10.0 Å². The summed E-state index contributed by atoms with van der Waals surface area (Å²) in [6.45, 7) is 0.596. The molecular formula is C19H19Cl3N2O3S. The van der Waals surface area contributed by atoms with Gasteiger partial charge in [0, 0.05) is 39.8 Å². The molecule has 1 N–H and O–H groups in total. The second kappa shape index (κ2) is 9.01. The zero-order valence-corrected chi connectivity index (χ0v) is 18.0. The van der Waals surface area contributed by atoms with Crippen molar-refractivity contribution in [3.05, 3.63) is 63.1 Å². The van der Waals surface area contributed by atoms with Gasteiger partial charge < -0.3 is 5.32 Å². The van der Waals surface area contributed by atoms with E-state index in [9.17, 15) is 13.2 Å². The molecule has 0 saturated carbocycles. The highest BCUT2D eigenvalue weighted by molar-refractivity contribution is 7.88. The van der Waals surface area contributed by atoms with E-state index in [1.165, 1.54) is 10.4 Å². The zero-order chi connectivity index (χ0) is 20.3. The minimum atomic E-state index is -3.53. The van der Waals surface area contributed by atoms with Gasteiger partial charge in [0.2, 0.25) is 15.9 Å². The van der Waals surface area contributed by atoms with Crippen molar-refractivity contribution in [3.63, 3.8) is 0 Å². The minimum Gasteiger partial charge on any atom is -0.326 e. The van der Waals surface area contributed by atoms with Crippen molar-refractivity contribution in [2.24, 2.45) is 5.92 Å². The first-order valence-electron chi connectivity index (χ1n) is 8.73. The van der Waals surface area contributed by atoms with Gasteiger partial charge in [-0.15, -0.1) is 0 Å². The molecule has 28 heavy (non-hydrogen) atoms. The van der Waals surface area contributed by atoms with Gasteiger partial charge in [-0.2, -0.15) is 0 Å². The van der Waals surface area contributed by atoms with Crippen LogP contribution >= 0.6 is 34.8 Å². The lowest BCUT2D eigenvalue weighted by molar-refractivity contribution is -0.120. The number of rotatable bonds is 5. The largest absolute Gasteiger partial charge is 0.326 e. The van der Waals surface area contributed by atoms with Crippen LogP contribution in [0.3, 0.4) is 0 Å². The molecule has 0 atom stereocenters. The number of piperidine rings is 1. The first-order chi connectivity index (χ1) is 13.2. The maximum absolute atomic E-state index is 12.7. The van der Waals surface area contributed by atoms with Crippen molar-refractivity contribution in [1.29, 1.82) is 0 Å². The van der Waals surface area contributed by atoms with Gasteiger partial charge in [-0.3, -0.25) is 4.79 Å². The maximum atomic E-state index is 12.7. The van der Waals surface area contributed by atoms with E-state index in [0.717, 1.165) is 0 Å². The van der Waals surface area contributed by atoms with E-state index in [1.54, 1.807) is 36.4 Å². The number of carbonyl (C=O) groups is 1. The van der Waals surface area contributed by atoms with Gasteiger partial charge in [-0.25, -0.2) is 12.7 Å². The fourth-order valence-electron chi connectivity index (χ4n) is 3.10. The lowest BCUT2D eigenvalue weighted by atomic mass is 9.97. The second-order valence-electron chi connectivity index (χ2n) is 6.66. The Kier molecular flexibility index (Phi) is 6.89. The molecule has 0 unspecified atom stereocenters. The number of nitrogens with one attached hydrogen (secondary N) is 1. The minimum absolute atomic E-state index is 0.111. The van der Waals surface area contributed by atoms with Crippen LogP contribution in [0.5, 0.6) is 0 Å². The fraction of sp³-hybridized carbons (Fsp3) is 0.316. The van der Waals surface area contributed by atoms with Crippen molar-refractivity contribution in [1.82, 2.24) is 4.31 Å². The Labute approximate surface area is 179 Å². The summed E-state index contributed by atoms with van der Waals surface area (Å²) in [7, 11) is -3.53. The van der Waals surface area contributed by atoms with Crippen LogP contribution in [-0.4, -0.2) is 31.7 Å². The van der Waals surface area contributed by atoms with Crippen molar-refractivity contribution in [3.8, 4) is 0 Å². The second-order valence-corrected chi connectivity index (χ2v) is 9.91. The lowest BCUT2D eigenvalue weighted by Gasteiger charge is -2.30. The lowest BCUT2D eigenvalue weighted by Crippen LogP contribution is -2.41. The molecule has 0 spiro atoms. The van der Waals surface area contributed by atoms with Crippen LogP contribution < -0.4 is 5.32 Å². The van der Waals surface area contributed by atoms with E-state index in [2.05, 4.69) is 5.32 Å². The summed E-state index contributed by atoms with van der Waals surface area (Å²) in [5, 5.41) is 4.23. The van der Waals surface area contributed by atoms with Crippen LogP contribution in [0.2, 0.25) is 15.1 Å². The Morgan fingerprint density at radius 2 is 1.61 bits per heavy atom. The Hall–Kier alpha value is -1.31. The summed E-state index contributed by atoms with van der Waals surface area (Å²) in [6, 6.07) is 11.6. The summed E-state index contributed by atoms with van der Waals surface area (Å²) in [5.74, 6) is -0.536. The standard InChI is InChI=1S/C19H19Cl3N2O3S/c20-15-3-5-17(6-4-15)23-19(25)13-7-9-24(10-8-13)28(26,27)12-14-1-2-16(21)11-18(14)22/h1-6,11,13H,7-10,12H2,(H,23,25). The molecule has 0 bridgehead atoms. The topological polar surface area (TPSA) is 66.5 Å². The number of anilines is 1. The Bertz CT molecular complexity index is 957. The van der Waals surface area contributed by atoms with Gasteiger partial charge >= 0.3 is 0 Å². The Balaban J connectivity index is 1.57. The van der Waals surface area contributed by atoms with Crippen molar-refractivity contribution < 1.29 is 13.2 Å². The monoisotopic (exact) mass is 460 g/mol. The predicted octanol–water partition coefficient (Wildman–Crippen LogP) is 4.83. The van der Waals surface area contributed by atoms with Crippen LogP contribution in [0.1, 0.15) is 18.4 Å². The number of benzene rings is 2.